The van der Waals surface area contributed by atoms with Crippen molar-refractivity contribution in [2.45, 2.75) is 6.42 Å². The molecule has 1 aromatic carbocycles. The minimum Gasteiger partial charge on any atom is -0.356 e. The van der Waals surface area contributed by atoms with Gasteiger partial charge in [-0.3, -0.25) is 4.99 Å². The van der Waals surface area contributed by atoms with Crippen LogP contribution >= 0.6 is 11.8 Å². The predicted molar refractivity (Wildman–Crippen MR) is 102 cm³/mol. The molecule has 0 aromatic heterocycles. The van der Waals surface area contributed by atoms with Gasteiger partial charge < -0.3 is 10.6 Å². The summed E-state index contributed by atoms with van der Waals surface area (Å²) in [5, 5.41) is 6.29. The fourth-order valence-electron chi connectivity index (χ4n) is 2.44. The predicted octanol–water partition coefficient (Wildman–Crippen LogP) is 0.773. The Morgan fingerprint density at radius 1 is 1.17 bits per heavy atom. The first-order chi connectivity index (χ1) is 11.6. The van der Waals surface area contributed by atoms with Gasteiger partial charge in [0.2, 0.25) is 10.0 Å². The van der Waals surface area contributed by atoms with Gasteiger partial charge in [-0.25, -0.2) is 12.7 Å². The second-order valence-electron chi connectivity index (χ2n) is 5.49. The lowest BCUT2D eigenvalue weighted by Gasteiger charge is -2.25. The Labute approximate surface area is 149 Å². The number of nitrogens with zero attached hydrogens (tertiary/aromatic N) is 2. The summed E-state index contributed by atoms with van der Waals surface area (Å²) in [6.45, 7) is 2.35. The zero-order valence-corrected chi connectivity index (χ0v) is 15.7. The zero-order chi connectivity index (χ0) is 17.3. The Bertz CT molecular complexity index is 614. The first-order valence-corrected chi connectivity index (χ1v) is 10.9. The van der Waals surface area contributed by atoms with Crippen molar-refractivity contribution in [3.63, 3.8) is 0 Å². The Kier molecular flexibility index (Phi) is 7.87. The molecule has 1 heterocycles. The largest absolute Gasteiger partial charge is 0.356 e. The average Bonchev–Trinajstić information content (AvgIpc) is 2.62. The normalized spacial score (nSPS) is 16.8. The number of nitrogens with one attached hydrogen (secondary N) is 2. The molecule has 24 heavy (non-hydrogen) atoms. The second kappa shape index (κ2) is 9.90. The van der Waals surface area contributed by atoms with Crippen molar-refractivity contribution < 1.29 is 8.42 Å². The minimum absolute atomic E-state index is 0.0943. The number of thioether (sulfide) groups is 1. The van der Waals surface area contributed by atoms with Crippen molar-refractivity contribution in [1.82, 2.24) is 14.9 Å². The molecule has 1 aliphatic heterocycles. The van der Waals surface area contributed by atoms with Gasteiger partial charge in [-0.2, -0.15) is 11.8 Å². The standard InChI is InChI=1S/C16H26N4O2S2/c1-17-16(18-8-7-15-5-3-2-4-6-15)19-9-14-24(21,22)20-10-12-23-13-11-20/h2-6H,7-14H2,1H3,(H2,17,18,19). The van der Waals surface area contributed by atoms with Gasteiger partial charge in [0, 0.05) is 44.7 Å². The van der Waals surface area contributed by atoms with Crippen molar-refractivity contribution in [3.05, 3.63) is 35.9 Å². The second-order valence-corrected chi connectivity index (χ2v) is 8.80. The van der Waals surface area contributed by atoms with E-state index in [9.17, 15) is 8.42 Å². The molecule has 1 saturated heterocycles. The van der Waals surface area contributed by atoms with E-state index in [2.05, 4.69) is 27.8 Å². The molecule has 0 atom stereocenters. The highest BCUT2D eigenvalue weighted by molar-refractivity contribution is 7.99. The molecular formula is C16H26N4O2S2. The van der Waals surface area contributed by atoms with Crippen LogP contribution in [-0.4, -0.2) is 69.2 Å². The SMILES string of the molecule is CN=C(NCCc1ccccc1)NCCS(=O)(=O)N1CCSCC1. The summed E-state index contributed by atoms with van der Waals surface area (Å²) in [6, 6.07) is 10.2. The van der Waals surface area contributed by atoms with E-state index in [1.165, 1.54) is 5.56 Å². The lowest BCUT2D eigenvalue weighted by atomic mass is 10.1. The fourth-order valence-corrected chi connectivity index (χ4v) is 4.93. The van der Waals surface area contributed by atoms with Gasteiger partial charge in [0.15, 0.2) is 5.96 Å². The van der Waals surface area contributed by atoms with E-state index >= 15 is 0 Å². The van der Waals surface area contributed by atoms with Crippen molar-refractivity contribution in [1.29, 1.82) is 0 Å². The third-order valence-electron chi connectivity index (χ3n) is 3.79. The van der Waals surface area contributed by atoms with Gasteiger partial charge in [-0.05, 0) is 12.0 Å². The number of rotatable bonds is 7. The van der Waals surface area contributed by atoms with Crippen LogP contribution in [0, 0.1) is 0 Å². The summed E-state index contributed by atoms with van der Waals surface area (Å²) >= 11 is 1.80. The molecule has 0 spiro atoms. The molecule has 1 aliphatic rings. The molecule has 0 amide bonds. The van der Waals surface area contributed by atoms with Crippen LogP contribution in [0.1, 0.15) is 5.56 Å². The Balaban J connectivity index is 1.69. The summed E-state index contributed by atoms with van der Waals surface area (Å²) in [4.78, 5) is 4.13. The number of sulfonamides is 1. The molecular weight excluding hydrogens is 344 g/mol. The average molecular weight is 371 g/mol. The summed E-state index contributed by atoms with van der Waals surface area (Å²) in [7, 11) is -1.49. The molecule has 0 saturated carbocycles. The molecule has 0 unspecified atom stereocenters. The molecule has 8 heteroatoms. The smallest absolute Gasteiger partial charge is 0.215 e. The van der Waals surface area contributed by atoms with Crippen LogP contribution in [0.2, 0.25) is 0 Å². The van der Waals surface area contributed by atoms with Crippen LogP contribution in [-0.2, 0) is 16.4 Å². The summed E-state index contributed by atoms with van der Waals surface area (Å²) < 4.78 is 26.1. The lowest BCUT2D eigenvalue weighted by molar-refractivity contribution is 0.443. The molecule has 1 aromatic rings. The molecule has 2 rings (SSSR count). The highest BCUT2D eigenvalue weighted by Gasteiger charge is 2.23. The number of hydrogen-bond donors (Lipinski definition) is 2. The molecule has 134 valence electrons. The summed E-state index contributed by atoms with van der Waals surface area (Å²) in [5.74, 6) is 2.50. The van der Waals surface area contributed by atoms with E-state index in [1.54, 1.807) is 23.1 Å². The van der Waals surface area contributed by atoms with Crippen molar-refractivity contribution in [3.8, 4) is 0 Å². The van der Waals surface area contributed by atoms with E-state index in [0.29, 0.717) is 25.6 Å². The Morgan fingerprint density at radius 3 is 2.50 bits per heavy atom. The number of benzene rings is 1. The molecule has 2 N–H and O–H groups in total. The maximum atomic E-state index is 12.3. The highest BCUT2D eigenvalue weighted by Crippen LogP contribution is 2.12. The first kappa shape index (κ1) is 19.1. The quantitative estimate of drug-likeness (QED) is 0.548. The van der Waals surface area contributed by atoms with Crippen LogP contribution in [0.3, 0.4) is 0 Å². The first-order valence-electron chi connectivity index (χ1n) is 8.16. The molecule has 0 aliphatic carbocycles. The van der Waals surface area contributed by atoms with Gasteiger partial charge in [0.1, 0.15) is 0 Å². The van der Waals surface area contributed by atoms with E-state index < -0.39 is 10.0 Å². The van der Waals surface area contributed by atoms with Crippen molar-refractivity contribution in [2.75, 3.05) is 50.5 Å². The summed E-state index contributed by atoms with van der Waals surface area (Å²) in [6.07, 6.45) is 0.894. The maximum Gasteiger partial charge on any atom is 0.215 e. The number of hydrogen-bond acceptors (Lipinski definition) is 4. The maximum absolute atomic E-state index is 12.3. The van der Waals surface area contributed by atoms with E-state index in [0.717, 1.165) is 24.5 Å². The Hall–Kier alpha value is -1.25. The highest BCUT2D eigenvalue weighted by atomic mass is 32.2. The van der Waals surface area contributed by atoms with E-state index in [1.807, 2.05) is 18.2 Å². The Morgan fingerprint density at radius 2 is 1.83 bits per heavy atom. The van der Waals surface area contributed by atoms with Gasteiger partial charge in [-0.1, -0.05) is 30.3 Å². The van der Waals surface area contributed by atoms with E-state index in [4.69, 9.17) is 0 Å². The van der Waals surface area contributed by atoms with Crippen LogP contribution in [0.25, 0.3) is 0 Å². The number of aliphatic imine (C=N–C) groups is 1. The van der Waals surface area contributed by atoms with Gasteiger partial charge in [0.25, 0.3) is 0 Å². The van der Waals surface area contributed by atoms with Crippen LogP contribution in [0.4, 0.5) is 0 Å². The minimum atomic E-state index is -3.18. The molecule has 1 fully saturated rings. The van der Waals surface area contributed by atoms with Crippen LogP contribution in [0.15, 0.2) is 35.3 Å². The summed E-state index contributed by atoms with van der Waals surface area (Å²) in [5.41, 5.74) is 1.26. The van der Waals surface area contributed by atoms with Crippen LogP contribution in [0.5, 0.6) is 0 Å². The van der Waals surface area contributed by atoms with Crippen molar-refractivity contribution >= 4 is 27.7 Å². The molecule has 0 radical (unpaired) electrons. The third-order valence-corrected chi connectivity index (χ3v) is 6.60. The van der Waals surface area contributed by atoms with E-state index in [-0.39, 0.29) is 5.75 Å². The van der Waals surface area contributed by atoms with Crippen LogP contribution < -0.4 is 10.6 Å². The van der Waals surface area contributed by atoms with Gasteiger partial charge in [-0.15, -0.1) is 0 Å². The monoisotopic (exact) mass is 370 g/mol. The third kappa shape index (κ3) is 6.33. The van der Waals surface area contributed by atoms with Crippen molar-refractivity contribution in [2.24, 2.45) is 4.99 Å². The number of guanidine groups is 1. The molecule has 6 nitrogen and oxygen atoms in total. The fraction of sp³-hybridized carbons (Fsp3) is 0.562. The van der Waals surface area contributed by atoms with Gasteiger partial charge >= 0.3 is 0 Å². The van der Waals surface area contributed by atoms with Gasteiger partial charge in [0.05, 0.1) is 5.75 Å². The lowest BCUT2D eigenvalue weighted by Crippen LogP contribution is -2.44. The molecule has 0 bridgehead atoms. The zero-order valence-electron chi connectivity index (χ0n) is 14.1. The topological polar surface area (TPSA) is 73.8 Å².